The molecule has 0 aliphatic carbocycles. The average Bonchev–Trinajstić information content (AvgIpc) is 2.38. The summed E-state index contributed by atoms with van der Waals surface area (Å²) in [5.41, 5.74) is 1.02. The molecule has 1 aromatic carbocycles. The van der Waals surface area contributed by atoms with Gasteiger partial charge in [0.05, 0.1) is 5.02 Å². The highest BCUT2D eigenvalue weighted by atomic mass is 35.5. The number of hydrogen-bond donors (Lipinski definition) is 1. The maximum absolute atomic E-state index is 13.0. The number of rotatable bonds is 8. The summed E-state index contributed by atoms with van der Waals surface area (Å²) in [6.07, 6.45) is 1.12. The van der Waals surface area contributed by atoms with E-state index in [1.54, 1.807) is 12.1 Å². The van der Waals surface area contributed by atoms with Crippen LogP contribution >= 0.6 is 11.6 Å². The third-order valence-corrected chi connectivity index (χ3v) is 3.33. The zero-order chi connectivity index (χ0) is 13.4. The minimum atomic E-state index is -0.359. The van der Waals surface area contributed by atoms with Crippen LogP contribution in [0.5, 0.6) is 0 Å². The normalized spacial score (nSPS) is 11.2. The van der Waals surface area contributed by atoms with Gasteiger partial charge in [0.2, 0.25) is 0 Å². The highest BCUT2D eigenvalue weighted by Crippen LogP contribution is 2.15. The van der Waals surface area contributed by atoms with Crippen molar-refractivity contribution in [2.45, 2.75) is 26.8 Å². The number of nitrogens with one attached hydrogen (secondary N) is 1. The Bertz CT molecular complexity index is 354. The molecule has 4 heteroatoms. The Morgan fingerprint density at radius 1 is 1.28 bits per heavy atom. The lowest BCUT2D eigenvalue weighted by Gasteiger charge is -2.17. The molecule has 0 aromatic heterocycles. The predicted octanol–water partition coefficient (Wildman–Crippen LogP) is 3.30. The Balaban J connectivity index is 2.19. The van der Waals surface area contributed by atoms with E-state index in [-0.39, 0.29) is 10.8 Å². The first-order chi connectivity index (χ1) is 8.67. The summed E-state index contributed by atoms with van der Waals surface area (Å²) in [4.78, 5) is 2.40. The van der Waals surface area contributed by atoms with E-state index in [1.165, 1.54) is 6.07 Å². The molecule has 1 rings (SSSR count). The van der Waals surface area contributed by atoms with E-state index in [0.717, 1.165) is 44.7 Å². The first kappa shape index (κ1) is 15.4. The Morgan fingerprint density at radius 2 is 2.00 bits per heavy atom. The van der Waals surface area contributed by atoms with Crippen molar-refractivity contribution >= 4 is 11.6 Å². The van der Waals surface area contributed by atoms with Crippen molar-refractivity contribution in [2.75, 3.05) is 26.2 Å². The highest BCUT2D eigenvalue weighted by molar-refractivity contribution is 6.30. The number of hydrogen-bond acceptors (Lipinski definition) is 2. The van der Waals surface area contributed by atoms with E-state index in [2.05, 4.69) is 24.1 Å². The second kappa shape index (κ2) is 8.46. The van der Waals surface area contributed by atoms with Crippen LogP contribution in [0.15, 0.2) is 18.2 Å². The van der Waals surface area contributed by atoms with Gasteiger partial charge < -0.3 is 10.2 Å². The van der Waals surface area contributed by atoms with Crippen LogP contribution < -0.4 is 5.32 Å². The monoisotopic (exact) mass is 272 g/mol. The molecule has 0 atom stereocenters. The zero-order valence-electron chi connectivity index (χ0n) is 11.2. The van der Waals surface area contributed by atoms with Crippen LogP contribution in [-0.2, 0) is 6.54 Å². The van der Waals surface area contributed by atoms with E-state index in [0.29, 0.717) is 0 Å². The third kappa shape index (κ3) is 5.34. The number of benzene rings is 1. The molecule has 0 unspecified atom stereocenters. The second-order valence-electron chi connectivity index (χ2n) is 4.31. The van der Waals surface area contributed by atoms with Gasteiger partial charge in [0.25, 0.3) is 0 Å². The van der Waals surface area contributed by atoms with Crippen LogP contribution in [0.2, 0.25) is 5.02 Å². The van der Waals surface area contributed by atoms with Crippen LogP contribution in [0.25, 0.3) is 0 Å². The smallest absolute Gasteiger partial charge is 0.141 e. The van der Waals surface area contributed by atoms with Crippen LogP contribution in [0.1, 0.15) is 25.8 Å². The van der Waals surface area contributed by atoms with Gasteiger partial charge in [0, 0.05) is 6.54 Å². The van der Waals surface area contributed by atoms with E-state index in [9.17, 15) is 4.39 Å². The Kier molecular flexibility index (Phi) is 7.25. The van der Waals surface area contributed by atoms with Crippen molar-refractivity contribution in [1.29, 1.82) is 0 Å². The van der Waals surface area contributed by atoms with Crippen molar-refractivity contribution in [1.82, 2.24) is 10.2 Å². The summed E-state index contributed by atoms with van der Waals surface area (Å²) in [5, 5.41) is 3.54. The first-order valence-corrected chi connectivity index (χ1v) is 6.92. The maximum Gasteiger partial charge on any atom is 0.141 e. The molecule has 18 heavy (non-hydrogen) atoms. The van der Waals surface area contributed by atoms with Crippen molar-refractivity contribution in [3.63, 3.8) is 0 Å². The Hall–Kier alpha value is -0.640. The fourth-order valence-electron chi connectivity index (χ4n) is 1.85. The van der Waals surface area contributed by atoms with Crippen molar-refractivity contribution in [3.8, 4) is 0 Å². The SMILES string of the molecule is CCN(CC)CCCNCc1ccc(F)c(Cl)c1. The van der Waals surface area contributed by atoms with Gasteiger partial charge in [-0.05, 0) is 50.3 Å². The molecule has 0 radical (unpaired) electrons. The largest absolute Gasteiger partial charge is 0.313 e. The Labute approximate surface area is 114 Å². The summed E-state index contributed by atoms with van der Waals surface area (Å²) >= 11 is 5.72. The molecule has 2 nitrogen and oxygen atoms in total. The second-order valence-corrected chi connectivity index (χ2v) is 4.71. The lowest BCUT2D eigenvalue weighted by atomic mass is 10.2. The molecule has 102 valence electrons. The molecular formula is C14H22ClFN2. The summed E-state index contributed by atoms with van der Waals surface area (Å²) in [6, 6.07) is 4.85. The van der Waals surface area contributed by atoms with Gasteiger partial charge >= 0.3 is 0 Å². The van der Waals surface area contributed by atoms with Gasteiger partial charge in [0.15, 0.2) is 0 Å². The maximum atomic E-state index is 13.0. The summed E-state index contributed by atoms with van der Waals surface area (Å²) in [5.74, 6) is -0.359. The zero-order valence-corrected chi connectivity index (χ0v) is 11.9. The molecule has 0 heterocycles. The lowest BCUT2D eigenvalue weighted by molar-refractivity contribution is 0.298. The fraction of sp³-hybridized carbons (Fsp3) is 0.571. The Morgan fingerprint density at radius 3 is 2.61 bits per heavy atom. The van der Waals surface area contributed by atoms with Gasteiger partial charge in [-0.15, -0.1) is 0 Å². The molecule has 0 aliphatic rings. The summed E-state index contributed by atoms with van der Waals surface area (Å²) < 4.78 is 13.0. The van der Waals surface area contributed by atoms with E-state index in [1.807, 2.05) is 0 Å². The van der Waals surface area contributed by atoms with Gasteiger partial charge in [-0.1, -0.05) is 31.5 Å². The molecule has 0 spiro atoms. The summed E-state index contributed by atoms with van der Waals surface area (Å²) in [6.45, 7) is 9.37. The van der Waals surface area contributed by atoms with Crippen molar-refractivity contribution < 1.29 is 4.39 Å². The van der Waals surface area contributed by atoms with Crippen LogP contribution in [0.4, 0.5) is 4.39 Å². The van der Waals surface area contributed by atoms with Gasteiger partial charge in [-0.25, -0.2) is 4.39 Å². The minimum Gasteiger partial charge on any atom is -0.313 e. The highest BCUT2D eigenvalue weighted by Gasteiger charge is 2.01. The van der Waals surface area contributed by atoms with Crippen LogP contribution in [0.3, 0.4) is 0 Å². The molecule has 1 aromatic rings. The molecular weight excluding hydrogens is 251 g/mol. The molecule has 0 saturated heterocycles. The van der Waals surface area contributed by atoms with Crippen molar-refractivity contribution in [3.05, 3.63) is 34.6 Å². The molecule has 1 N–H and O–H groups in total. The van der Waals surface area contributed by atoms with Gasteiger partial charge in [-0.2, -0.15) is 0 Å². The van der Waals surface area contributed by atoms with E-state index >= 15 is 0 Å². The molecule has 0 saturated carbocycles. The molecule has 0 aliphatic heterocycles. The van der Waals surface area contributed by atoms with Gasteiger partial charge in [0.1, 0.15) is 5.82 Å². The average molecular weight is 273 g/mol. The fourth-order valence-corrected chi connectivity index (χ4v) is 2.05. The van der Waals surface area contributed by atoms with Crippen LogP contribution in [0, 0.1) is 5.82 Å². The lowest BCUT2D eigenvalue weighted by Crippen LogP contribution is -2.27. The van der Waals surface area contributed by atoms with Crippen LogP contribution in [-0.4, -0.2) is 31.1 Å². The number of nitrogens with zero attached hydrogens (tertiary/aromatic N) is 1. The molecule has 0 amide bonds. The minimum absolute atomic E-state index is 0.192. The standard InChI is InChI=1S/C14H22ClFN2/c1-3-18(4-2)9-5-8-17-11-12-6-7-14(16)13(15)10-12/h6-7,10,17H,3-5,8-9,11H2,1-2H3. The summed E-state index contributed by atoms with van der Waals surface area (Å²) in [7, 11) is 0. The van der Waals surface area contributed by atoms with E-state index < -0.39 is 0 Å². The molecule has 0 fully saturated rings. The third-order valence-electron chi connectivity index (χ3n) is 3.04. The van der Waals surface area contributed by atoms with Gasteiger partial charge in [-0.3, -0.25) is 0 Å². The predicted molar refractivity (Wildman–Crippen MR) is 75.5 cm³/mol. The van der Waals surface area contributed by atoms with E-state index in [4.69, 9.17) is 11.6 Å². The molecule has 0 bridgehead atoms. The quantitative estimate of drug-likeness (QED) is 0.731. The first-order valence-electron chi connectivity index (χ1n) is 6.54. The number of halogens is 2. The topological polar surface area (TPSA) is 15.3 Å². The van der Waals surface area contributed by atoms with Crippen molar-refractivity contribution in [2.24, 2.45) is 0 Å².